The molecule has 1 aromatic heterocycles. The Balaban J connectivity index is 2.46. The summed E-state index contributed by atoms with van der Waals surface area (Å²) in [5, 5.41) is 5.76. The molecule has 6 nitrogen and oxygen atoms in total. The first kappa shape index (κ1) is 13.4. The van der Waals surface area contributed by atoms with E-state index in [9.17, 15) is 4.79 Å². The van der Waals surface area contributed by atoms with E-state index >= 15 is 0 Å². The van der Waals surface area contributed by atoms with Crippen LogP contribution in [0, 0.1) is 0 Å². The van der Waals surface area contributed by atoms with Crippen molar-refractivity contribution in [1.82, 2.24) is 15.3 Å². The summed E-state index contributed by atoms with van der Waals surface area (Å²) in [6, 6.07) is 0. The van der Waals surface area contributed by atoms with E-state index in [4.69, 9.17) is 4.74 Å². The monoisotopic (exact) mass is 238 g/mol. The third-order valence-electron chi connectivity index (χ3n) is 2.03. The van der Waals surface area contributed by atoms with Crippen LogP contribution in [0.5, 0.6) is 0 Å². The molecule has 0 aliphatic carbocycles. The molecule has 2 N–H and O–H groups in total. The maximum absolute atomic E-state index is 11.5. The van der Waals surface area contributed by atoms with Gasteiger partial charge in [-0.2, -0.15) is 0 Å². The van der Waals surface area contributed by atoms with Gasteiger partial charge >= 0.3 is 0 Å². The smallest absolute Gasteiger partial charge is 0.271 e. The van der Waals surface area contributed by atoms with Gasteiger partial charge in [0.05, 0.1) is 19.0 Å². The largest absolute Gasteiger partial charge is 0.383 e. The van der Waals surface area contributed by atoms with E-state index in [0.717, 1.165) is 6.42 Å². The molecular formula is C11H18N4O2. The van der Waals surface area contributed by atoms with Crippen LogP contribution in [-0.2, 0) is 4.74 Å². The van der Waals surface area contributed by atoms with Crippen molar-refractivity contribution in [1.29, 1.82) is 0 Å². The Morgan fingerprint density at radius 2 is 2.18 bits per heavy atom. The van der Waals surface area contributed by atoms with E-state index in [1.165, 1.54) is 12.4 Å². The van der Waals surface area contributed by atoms with Gasteiger partial charge in [-0.15, -0.1) is 0 Å². The molecule has 1 amide bonds. The molecule has 0 bridgehead atoms. The Hall–Kier alpha value is -1.69. The lowest BCUT2D eigenvalue weighted by molar-refractivity contribution is 0.0948. The summed E-state index contributed by atoms with van der Waals surface area (Å²) in [6.45, 7) is 3.90. The fourth-order valence-corrected chi connectivity index (χ4v) is 1.15. The van der Waals surface area contributed by atoms with Crippen molar-refractivity contribution in [3.63, 3.8) is 0 Å². The van der Waals surface area contributed by atoms with Gasteiger partial charge in [0, 0.05) is 20.2 Å². The molecule has 1 rings (SSSR count). The van der Waals surface area contributed by atoms with Crippen molar-refractivity contribution in [2.45, 2.75) is 13.3 Å². The third kappa shape index (κ3) is 4.78. The van der Waals surface area contributed by atoms with Gasteiger partial charge in [-0.05, 0) is 6.42 Å². The Morgan fingerprint density at radius 3 is 2.76 bits per heavy atom. The molecule has 0 atom stereocenters. The average Bonchev–Trinajstić information content (AvgIpc) is 2.37. The fourth-order valence-electron chi connectivity index (χ4n) is 1.15. The van der Waals surface area contributed by atoms with Crippen LogP contribution in [0.1, 0.15) is 23.8 Å². The molecule has 1 heterocycles. The summed E-state index contributed by atoms with van der Waals surface area (Å²) in [5.74, 6) is 0.442. The first-order valence-corrected chi connectivity index (χ1v) is 5.61. The second kappa shape index (κ2) is 7.56. The number of anilines is 1. The molecule has 94 valence electrons. The second-order valence-electron chi connectivity index (χ2n) is 3.46. The van der Waals surface area contributed by atoms with E-state index in [0.29, 0.717) is 31.2 Å². The van der Waals surface area contributed by atoms with E-state index < -0.39 is 0 Å². The normalized spacial score (nSPS) is 10.0. The SMILES string of the molecule is CCCNC(=O)c1cnc(NCCOC)cn1. The van der Waals surface area contributed by atoms with Crippen LogP contribution in [0.2, 0.25) is 0 Å². The van der Waals surface area contributed by atoms with Crippen molar-refractivity contribution in [2.24, 2.45) is 0 Å². The lowest BCUT2D eigenvalue weighted by Gasteiger charge is -2.05. The van der Waals surface area contributed by atoms with Gasteiger partial charge in [0.2, 0.25) is 0 Å². The van der Waals surface area contributed by atoms with Crippen molar-refractivity contribution >= 4 is 11.7 Å². The van der Waals surface area contributed by atoms with Crippen LogP contribution in [-0.4, -0.2) is 42.7 Å². The van der Waals surface area contributed by atoms with Gasteiger partial charge in [0.1, 0.15) is 11.5 Å². The number of amides is 1. The summed E-state index contributed by atoms with van der Waals surface area (Å²) in [6.07, 6.45) is 3.90. The summed E-state index contributed by atoms with van der Waals surface area (Å²) in [4.78, 5) is 19.6. The molecule has 1 aromatic rings. The molecular weight excluding hydrogens is 220 g/mol. The van der Waals surface area contributed by atoms with Gasteiger partial charge < -0.3 is 15.4 Å². The number of hydrogen-bond acceptors (Lipinski definition) is 5. The van der Waals surface area contributed by atoms with E-state index in [2.05, 4.69) is 20.6 Å². The highest BCUT2D eigenvalue weighted by molar-refractivity contribution is 5.91. The molecule has 0 aliphatic rings. The first-order chi connectivity index (χ1) is 8.27. The highest BCUT2D eigenvalue weighted by Gasteiger charge is 2.06. The number of rotatable bonds is 7. The Bertz CT molecular complexity index is 340. The second-order valence-corrected chi connectivity index (χ2v) is 3.46. The number of ether oxygens (including phenoxy) is 1. The third-order valence-corrected chi connectivity index (χ3v) is 2.03. The predicted octanol–water partition coefficient (Wildman–Crippen LogP) is 0.675. The van der Waals surface area contributed by atoms with Gasteiger partial charge in [-0.3, -0.25) is 4.79 Å². The summed E-state index contributed by atoms with van der Waals surface area (Å²) in [7, 11) is 1.63. The van der Waals surface area contributed by atoms with E-state index in [1.807, 2.05) is 6.92 Å². The molecule has 0 fully saturated rings. The molecule has 0 saturated heterocycles. The zero-order valence-electron chi connectivity index (χ0n) is 10.2. The number of aromatic nitrogens is 2. The van der Waals surface area contributed by atoms with Crippen molar-refractivity contribution in [3.8, 4) is 0 Å². The fraction of sp³-hybridized carbons (Fsp3) is 0.545. The molecule has 0 radical (unpaired) electrons. The summed E-state index contributed by atoms with van der Waals surface area (Å²) >= 11 is 0. The summed E-state index contributed by atoms with van der Waals surface area (Å²) < 4.78 is 4.90. The number of carbonyl (C=O) groups is 1. The van der Waals surface area contributed by atoms with Crippen LogP contribution in [0.25, 0.3) is 0 Å². The van der Waals surface area contributed by atoms with Gasteiger partial charge in [0.15, 0.2) is 0 Å². The molecule has 0 aromatic carbocycles. The standard InChI is InChI=1S/C11H18N4O2/c1-3-4-13-11(16)9-7-15-10(8-14-9)12-5-6-17-2/h7-8H,3-6H2,1-2H3,(H,12,15)(H,13,16). The number of nitrogens with one attached hydrogen (secondary N) is 2. The lowest BCUT2D eigenvalue weighted by atomic mass is 10.4. The van der Waals surface area contributed by atoms with Gasteiger partial charge in [-0.1, -0.05) is 6.92 Å². The predicted molar refractivity (Wildman–Crippen MR) is 65.0 cm³/mol. The number of hydrogen-bond donors (Lipinski definition) is 2. The van der Waals surface area contributed by atoms with Crippen molar-refractivity contribution < 1.29 is 9.53 Å². The zero-order chi connectivity index (χ0) is 12.5. The minimum atomic E-state index is -0.192. The zero-order valence-corrected chi connectivity index (χ0v) is 10.2. The lowest BCUT2D eigenvalue weighted by Crippen LogP contribution is -2.25. The van der Waals surface area contributed by atoms with Gasteiger partial charge in [0.25, 0.3) is 5.91 Å². The molecule has 0 aliphatic heterocycles. The number of nitrogens with zero attached hydrogens (tertiary/aromatic N) is 2. The molecule has 17 heavy (non-hydrogen) atoms. The highest BCUT2D eigenvalue weighted by atomic mass is 16.5. The number of methoxy groups -OCH3 is 1. The van der Waals surface area contributed by atoms with E-state index in [-0.39, 0.29) is 5.91 Å². The van der Waals surface area contributed by atoms with Gasteiger partial charge in [-0.25, -0.2) is 9.97 Å². The molecule has 0 spiro atoms. The quantitative estimate of drug-likeness (QED) is 0.683. The van der Waals surface area contributed by atoms with E-state index in [1.54, 1.807) is 7.11 Å². The topological polar surface area (TPSA) is 76.1 Å². The van der Waals surface area contributed by atoms with Crippen LogP contribution >= 0.6 is 0 Å². The maximum Gasteiger partial charge on any atom is 0.271 e. The molecule has 0 unspecified atom stereocenters. The van der Waals surface area contributed by atoms with Crippen LogP contribution in [0.3, 0.4) is 0 Å². The minimum absolute atomic E-state index is 0.192. The van der Waals surface area contributed by atoms with Crippen LogP contribution < -0.4 is 10.6 Å². The molecule has 6 heteroatoms. The highest BCUT2D eigenvalue weighted by Crippen LogP contribution is 2.00. The van der Waals surface area contributed by atoms with Crippen molar-refractivity contribution in [3.05, 3.63) is 18.1 Å². The number of carbonyl (C=O) groups excluding carboxylic acids is 1. The Labute approximate surface area is 101 Å². The summed E-state index contributed by atoms with van der Waals surface area (Å²) in [5.41, 5.74) is 0.329. The minimum Gasteiger partial charge on any atom is -0.383 e. The average molecular weight is 238 g/mol. The molecule has 0 saturated carbocycles. The maximum atomic E-state index is 11.5. The van der Waals surface area contributed by atoms with Crippen LogP contribution in [0.4, 0.5) is 5.82 Å². The Kier molecular flexibility index (Phi) is 5.95. The van der Waals surface area contributed by atoms with Crippen LogP contribution in [0.15, 0.2) is 12.4 Å². The first-order valence-electron chi connectivity index (χ1n) is 5.61. The van der Waals surface area contributed by atoms with Crippen molar-refractivity contribution in [2.75, 3.05) is 32.1 Å². The Morgan fingerprint density at radius 1 is 1.35 bits per heavy atom.